The summed E-state index contributed by atoms with van der Waals surface area (Å²) >= 11 is 5.69. The van der Waals surface area contributed by atoms with Crippen molar-refractivity contribution in [3.63, 3.8) is 0 Å². The molecule has 3 nitrogen and oxygen atoms in total. The van der Waals surface area contributed by atoms with E-state index in [9.17, 15) is 4.79 Å². The van der Waals surface area contributed by atoms with Crippen molar-refractivity contribution < 1.29 is 9.53 Å². The van der Waals surface area contributed by atoms with Crippen LogP contribution < -0.4 is 4.74 Å². The highest BCUT2D eigenvalue weighted by Crippen LogP contribution is 2.15. The summed E-state index contributed by atoms with van der Waals surface area (Å²) < 4.78 is 5.01. The molecular formula is C11H12ClNO2. The summed E-state index contributed by atoms with van der Waals surface area (Å²) in [4.78, 5) is 13.0. The number of ether oxygens (including phenoxy) is 1. The monoisotopic (exact) mass is 225 g/mol. The van der Waals surface area contributed by atoms with Gasteiger partial charge in [0.1, 0.15) is 5.75 Å². The average molecular weight is 226 g/mol. The van der Waals surface area contributed by atoms with Crippen molar-refractivity contribution in [2.75, 3.05) is 14.1 Å². The standard InChI is InChI=1S/C11H12ClNO2/c1-13(2)8-7-11(14)15-10-5-3-9(12)4-6-10/h3-8H,1-2H3. The van der Waals surface area contributed by atoms with Crippen molar-refractivity contribution in [1.29, 1.82) is 0 Å². The zero-order valence-electron chi connectivity index (χ0n) is 8.61. The Morgan fingerprint density at radius 1 is 1.33 bits per heavy atom. The number of nitrogens with zero attached hydrogens (tertiary/aromatic N) is 1. The molecule has 0 aliphatic carbocycles. The van der Waals surface area contributed by atoms with Gasteiger partial charge in [0.05, 0.1) is 0 Å². The van der Waals surface area contributed by atoms with Crippen LogP contribution in [0, 0.1) is 0 Å². The maximum absolute atomic E-state index is 11.2. The molecule has 0 aliphatic rings. The molecule has 0 saturated carbocycles. The highest BCUT2D eigenvalue weighted by Gasteiger charge is 1.99. The molecule has 0 saturated heterocycles. The summed E-state index contributed by atoms with van der Waals surface area (Å²) in [5, 5.41) is 0.610. The molecule has 0 amide bonds. The molecule has 0 heterocycles. The number of rotatable bonds is 3. The Morgan fingerprint density at radius 3 is 2.47 bits per heavy atom. The molecule has 0 N–H and O–H groups in total. The number of benzene rings is 1. The van der Waals surface area contributed by atoms with Crippen molar-refractivity contribution in [1.82, 2.24) is 4.90 Å². The first-order valence-electron chi connectivity index (χ1n) is 4.40. The fraction of sp³-hybridized carbons (Fsp3) is 0.182. The second-order valence-electron chi connectivity index (χ2n) is 3.15. The van der Waals surface area contributed by atoms with Crippen LogP contribution in [0.2, 0.25) is 5.02 Å². The molecule has 0 unspecified atom stereocenters. The van der Waals surface area contributed by atoms with Gasteiger partial charge in [-0.15, -0.1) is 0 Å². The Kier molecular flexibility index (Phi) is 4.18. The van der Waals surface area contributed by atoms with Gasteiger partial charge in [0.25, 0.3) is 0 Å². The van der Waals surface area contributed by atoms with E-state index < -0.39 is 5.97 Å². The number of hydrogen-bond acceptors (Lipinski definition) is 3. The normalized spacial score (nSPS) is 10.3. The van der Waals surface area contributed by atoms with Crippen LogP contribution in [-0.2, 0) is 4.79 Å². The van der Waals surface area contributed by atoms with Crippen molar-refractivity contribution in [3.8, 4) is 5.75 Å². The molecule has 4 heteroatoms. The number of esters is 1. The zero-order chi connectivity index (χ0) is 11.3. The maximum atomic E-state index is 11.2. The summed E-state index contributed by atoms with van der Waals surface area (Å²) in [5.41, 5.74) is 0. The van der Waals surface area contributed by atoms with Crippen LogP contribution >= 0.6 is 11.6 Å². The number of hydrogen-bond donors (Lipinski definition) is 0. The molecule has 1 rings (SSSR count). The molecule has 1 aromatic carbocycles. The predicted molar refractivity (Wildman–Crippen MR) is 59.9 cm³/mol. The van der Waals surface area contributed by atoms with Gasteiger partial charge in [-0.2, -0.15) is 0 Å². The van der Waals surface area contributed by atoms with Gasteiger partial charge in [0.15, 0.2) is 0 Å². The molecule has 15 heavy (non-hydrogen) atoms. The first-order chi connectivity index (χ1) is 7.08. The lowest BCUT2D eigenvalue weighted by atomic mass is 10.3. The Bertz CT molecular complexity index is 357. The Labute approximate surface area is 93.9 Å². The van der Waals surface area contributed by atoms with Gasteiger partial charge in [0.2, 0.25) is 0 Å². The average Bonchev–Trinajstić information content (AvgIpc) is 2.19. The third-order valence-electron chi connectivity index (χ3n) is 1.54. The quantitative estimate of drug-likeness (QED) is 0.449. The number of halogens is 1. The molecular weight excluding hydrogens is 214 g/mol. The molecule has 0 fully saturated rings. The smallest absolute Gasteiger partial charge is 0.337 e. The molecule has 0 aromatic heterocycles. The van der Waals surface area contributed by atoms with Crippen LogP contribution in [0.5, 0.6) is 5.75 Å². The van der Waals surface area contributed by atoms with E-state index in [0.717, 1.165) is 0 Å². The number of carbonyl (C=O) groups is 1. The van der Waals surface area contributed by atoms with Crippen molar-refractivity contribution >= 4 is 17.6 Å². The van der Waals surface area contributed by atoms with Crippen molar-refractivity contribution in [2.45, 2.75) is 0 Å². The van der Waals surface area contributed by atoms with Gasteiger partial charge in [-0.05, 0) is 24.3 Å². The van der Waals surface area contributed by atoms with Crippen LogP contribution in [0.3, 0.4) is 0 Å². The van der Waals surface area contributed by atoms with Gasteiger partial charge in [0, 0.05) is 31.4 Å². The van der Waals surface area contributed by atoms with Gasteiger partial charge in [-0.3, -0.25) is 0 Å². The molecule has 0 bridgehead atoms. The topological polar surface area (TPSA) is 29.5 Å². The molecule has 0 aliphatic heterocycles. The van der Waals surface area contributed by atoms with Crippen LogP contribution in [0.25, 0.3) is 0 Å². The summed E-state index contributed by atoms with van der Waals surface area (Å²) in [6.07, 6.45) is 2.98. The van der Waals surface area contributed by atoms with E-state index in [-0.39, 0.29) is 0 Å². The first-order valence-corrected chi connectivity index (χ1v) is 4.78. The van der Waals surface area contributed by atoms with Crippen molar-refractivity contribution in [3.05, 3.63) is 41.6 Å². The number of carbonyl (C=O) groups excluding carboxylic acids is 1. The van der Waals surface area contributed by atoms with Gasteiger partial charge >= 0.3 is 5.97 Å². The highest BCUT2D eigenvalue weighted by molar-refractivity contribution is 6.30. The van der Waals surface area contributed by atoms with Crippen LogP contribution in [0.4, 0.5) is 0 Å². The fourth-order valence-electron chi connectivity index (χ4n) is 0.863. The van der Waals surface area contributed by atoms with E-state index in [1.54, 1.807) is 35.4 Å². The molecule has 0 atom stereocenters. The Hall–Kier alpha value is -1.48. The molecule has 0 spiro atoms. The minimum Gasteiger partial charge on any atom is -0.423 e. The summed E-state index contributed by atoms with van der Waals surface area (Å²) in [5.74, 6) is 0.0684. The van der Waals surface area contributed by atoms with E-state index in [1.807, 2.05) is 14.1 Å². The Balaban J connectivity index is 2.55. The van der Waals surface area contributed by atoms with Gasteiger partial charge in [-0.25, -0.2) is 4.79 Å². The van der Waals surface area contributed by atoms with Crippen LogP contribution in [0.1, 0.15) is 0 Å². The summed E-state index contributed by atoms with van der Waals surface area (Å²) in [6, 6.07) is 6.62. The fourth-order valence-corrected chi connectivity index (χ4v) is 0.989. The minimum absolute atomic E-state index is 0.411. The second kappa shape index (κ2) is 5.41. The van der Waals surface area contributed by atoms with Gasteiger partial charge < -0.3 is 9.64 Å². The second-order valence-corrected chi connectivity index (χ2v) is 3.59. The van der Waals surface area contributed by atoms with E-state index >= 15 is 0 Å². The highest BCUT2D eigenvalue weighted by atomic mass is 35.5. The molecule has 80 valence electrons. The van der Waals surface area contributed by atoms with E-state index in [2.05, 4.69) is 0 Å². The van der Waals surface area contributed by atoms with E-state index in [0.29, 0.717) is 10.8 Å². The van der Waals surface area contributed by atoms with E-state index in [4.69, 9.17) is 16.3 Å². The van der Waals surface area contributed by atoms with Crippen LogP contribution in [0.15, 0.2) is 36.5 Å². The summed E-state index contributed by atoms with van der Waals surface area (Å²) in [6.45, 7) is 0. The maximum Gasteiger partial charge on any atom is 0.337 e. The van der Waals surface area contributed by atoms with E-state index in [1.165, 1.54) is 6.08 Å². The zero-order valence-corrected chi connectivity index (χ0v) is 9.36. The SMILES string of the molecule is CN(C)C=CC(=O)Oc1ccc(Cl)cc1. The molecule has 1 aromatic rings. The summed E-state index contributed by atoms with van der Waals surface area (Å²) in [7, 11) is 3.65. The predicted octanol–water partition coefficient (Wildman–Crippen LogP) is 2.32. The lowest BCUT2D eigenvalue weighted by Crippen LogP contribution is -2.07. The largest absolute Gasteiger partial charge is 0.423 e. The van der Waals surface area contributed by atoms with Crippen molar-refractivity contribution in [2.24, 2.45) is 0 Å². The Morgan fingerprint density at radius 2 is 1.93 bits per heavy atom. The minimum atomic E-state index is -0.411. The third-order valence-corrected chi connectivity index (χ3v) is 1.79. The lowest BCUT2D eigenvalue weighted by molar-refractivity contribution is -0.129. The van der Waals surface area contributed by atoms with Crippen LogP contribution in [-0.4, -0.2) is 25.0 Å². The third kappa shape index (κ3) is 4.51. The molecule has 0 radical (unpaired) electrons. The first kappa shape index (κ1) is 11.6. The lowest BCUT2D eigenvalue weighted by Gasteiger charge is -2.03. The van der Waals surface area contributed by atoms with Gasteiger partial charge in [-0.1, -0.05) is 11.6 Å².